The second-order valence-corrected chi connectivity index (χ2v) is 10.2. The molecule has 0 spiro atoms. The van der Waals surface area contributed by atoms with Gasteiger partial charge in [0.25, 0.3) is 0 Å². The van der Waals surface area contributed by atoms with Crippen LogP contribution in [-0.4, -0.2) is 54.6 Å². The summed E-state index contributed by atoms with van der Waals surface area (Å²) in [6.07, 6.45) is 1.59. The van der Waals surface area contributed by atoms with Crippen LogP contribution in [0.1, 0.15) is 18.1 Å². The number of hydrogen-bond acceptors (Lipinski definition) is 6. The molecule has 0 amide bonds. The summed E-state index contributed by atoms with van der Waals surface area (Å²) < 4.78 is 5.35. The second kappa shape index (κ2) is 11.6. The van der Waals surface area contributed by atoms with Gasteiger partial charge in [0, 0.05) is 50.4 Å². The van der Waals surface area contributed by atoms with E-state index in [0.717, 1.165) is 55.7 Å². The maximum atomic E-state index is 9.81. The standard InChI is InChI=1S/C30H29Cl2N5O/c1-3-36-10-12-37(13-11-36)19-21-6-4-5-7-23(21)20-8-9-24-27(14-20)34-18-22(17-33)30(24)35-28-16-29(38-2)26(32)15-25(28)31/h4-9,14-16,18H,3,10-13,19H2,1-2H3,(H,34,35). The van der Waals surface area contributed by atoms with E-state index >= 15 is 0 Å². The van der Waals surface area contributed by atoms with Crippen molar-refractivity contribution < 1.29 is 4.74 Å². The van der Waals surface area contributed by atoms with Crippen molar-refractivity contribution in [2.45, 2.75) is 13.5 Å². The number of benzene rings is 3. The fourth-order valence-corrected chi connectivity index (χ4v) is 5.45. The zero-order valence-corrected chi connectivity index (χ0v) is 23.0. The van der Waals surface area contributed by atoms with Gasteiger partial charge in [-0.15, -0.1) is 0 Å². The molecule has 8 heteroatoms. The van der Waals surface area contributed by atoms with Crippen LogP contribution in [-0.2, 0) is 6.54 Å². The van der Waals surface area contributed by atoms with E-state index in [4.69, 9.17) is 27.9 Å². The number of rotatable bonds is 7. The zero-order chi connectivity index (χ0) is 26.6. The Kier molecular flexibility index (Phi) is 8.01. The van der Waals surface area contributed by atoms with Crippen LogP contribution in [0.5, 0.6) is 5.75 Å². The topological polar surface area (TPSA) is 64.4 Å². The molecule has 0 saturated carbocycles. The average molecular weight is 547 g/mol. The van der Waals surface area contributed by atoms with Gasteiger partial charge in [0.15, 0.2) is 0 Å². The van der Waals surface area contributed by atoms with Gasteiger partial charge < -0.3 is 15.0 Å². The van der Waals surface area contributed by atoms with Crippen molar-refractivity contribution in [1.29, 1.82) is 5.26 Å². The number of likely N-dealkylation sites (N-methyl/N-ethyl adjacent to an activating group) is 1. The molecule has 1 fully saturated rings. The Morgan fingerprint density at radius 2 is 1.76 bits per heavy atom. The third kappa shape index (κ3) is 5.43. The van der Waals surface area contributed by atoms with Crippen LogP contribution >= 0.6 is 23.2 Å². The van der Waals surface area contributed by atoms with Crippen molar-refractivity contribution in [1.82, 2.24) is 14.8 Å². The molecule has 0 aliphatic carbocycles. The molecule has 1 aliphatic heterocycles. The van der Waals surface area contributed by atoms with Crippen LogP contribution < -0.4 is 10.1 Å². The summed E-state index contributed by atoms with van der Waals surface area (Å²) in [5, 5.41) is 14.8. The van der Waals surface area contributed by atoms with Gasteiger partial charge in [0.05, 0.1) is 39.6 Å². The zero-order valence-electron chi connectivity index (χ0n) is 21.5. The summed E-state index contributed by atoms with van der Waals surface area (Å²) >= 11 is 12.7. The van der Waals surface area contributed by atoms with E-state index in [2.05, 4.69) is 69.5 Å². The Morgan fingerprint density at radius 1 is 1.00 bits per heavy atom. The third-order valence-corrected chi connectivity index (χ3v) is 7.73. The predicted octanol–water partition coefficient (Wildman–Crippen LogP) is 6.97. The maximum Gasteiger partial charge on any atom is 0.139 e. The molecule has 194 valence electrons. The molecule has 2 heterocycles. The van der Waals surface area contributed by atoms with Crippen LogP contribution in [0.15, 0.2) is 60.8 Å². The highest BCUT2D eigenvalue weighted by molar-refractivity contribution is 6.37. The Hall–Kier alpha value is -3.34. The third-order valence-electron chi connectivity index (χ3n) is 7.13. The van der Waals surface area contributed by atoms with Crippen molar-refractivity contribution in [3.63, 3.8) is 0 Å². The average Bonchev–Trinajstić information content (AvgIpc) is 2.95. The van der Waals surface area contributed by atoms with Gasteiger partial charge in [-0.2, -0.15) is 5.26 Å². The van der Waals surface area contributed by atoms with Crippen molar-refractivity contribution in [2.75, 3.05) is 45.2 Å². The second-order valence-electron chi connectivity index (χ2n) is 9.35. The van der Waals surface area contributed by atoms with Crippen LogP contribution in [0, 0.1) is 11.3 Å². The van der Waals surface area contributed by atoms with Gasteiger partial charge in [-0.25, -0.2) is 0 Å². The van der Waals surface area contributed by atoms with Crippen molar-refractivity contribution in [3.05, 3.63) is 82.0 Å². The lowest BCUT2D eigenvalue weighted by Crippen LogP contribution is -2.45. The minimum Gasteiger partial charge on any atom is -0.495 e. The van der Waals surface area contributed by atoms with Gasteiger partial charge in [0.1, 0.15) is 11.8 Å². The number of nitriles is 1. The fourth-order valence-electron chi connectivity index (χ4n) is 4.94. The highest BCUT2D eigenvalue weighted by atomic mass is 35.5. The Balaban J connectivity index is 1.49. The summed E-state index contributed by atoms with van der Waals surface area (Å²) in [4.78, 5) is 9.63. The quantitative estimate of drug-likeness (QED) is 0.270. The highest BCUT2D eigenvalue weighted by Gasteiger charge is 2.18. The molecule has 0 radical (unpaired) electrons. The van der Waals surface area contributed by atoms with Crippen LogP contribution in [0.4, 0.5) is 11.4 Å². The largest absolute Gasteiger partial charge is 0.495 e. The summed E-state index contributed by atoms with van der Waals surface area (Å²) in [7, 11) is 1.55. The molecule has 3 aromatic carbocycles. The number of aromatic nitrogens is 1. The van der Waals surface area contributed by atoms with Crippen molar-refractivity contribution >= 4 is 45.5 Å². The molecule has 0 bridgehead atoms. The molecule has 0 atom stereocenters. The van der Waals surface area contributed by atoms with E-state index in [1.165, 1.54) is 11.1 Å². The maximum absolute atomic E-state index is 9.81. The summed E-state index contributed by atoms with van der Waals surface area (Å²) in [5.74, 6) is 0.491. The van der Waals surface area contributed by atoms with Crippen molar-refractivity contribution in [3.8, 4) is 22.9 Å². The molecule has 5 rings (SSSR count). The molecule has 1 aromatic heterocycles. The number of fused-ring (bicyclic) bond motifs is 1. The molecule has 1 N–H and O–H groups in total. The number of nitrogens with one attached hydrogen (secondary N) is 1. The Morgan fingerprint density at radius 3 is 2.50 bits per heavy atom. The van der Waals surface area contributed by atoms with E-state index < -0.39 is 0 Å². The Labute approximate surface area is 233 Å². The molecule has 1 saturated heterocycles. The molecule has 38 heavy (non-hydrogen) atoms. The van der Waals surface area contributed by atoms with Gasteiger partial charge in [-0.05, 0) is 35.4 Å². The SMILES string of the molecule is CCN1CCN(Cc2ccccc2-c2ccc3c(Nc4cc(OC)c(Cl)cc4Cl)c(C#N)cnc3c2)CC1. The van der Waals surface area contributed by atoms with Gasteiger partial charge in [-0.1, -0.05) is 66.5 Å². The minimum atomic E-state index is 0.415. The normalized spacial score (nSPS) is 14.4. The first-order valence-electron chi connectivity index (χ1n) is 12.7. The number of halogens is 2. The van der Waals surface area contributed by atoms with Crippen LogP contribution in [0.2, 0.25) is 10.0 Å². The first kappa shape index (κ1) is 26.3. The number of hydrogen-bond donors (Lipinski definition) is 1. The van der Waals surface area contributed by atoms with Gasteiger partial charge in [0.2, 0.25) is 0 Å². The predicted molar refractivity (Wildman–Crippen MR) is 156 cm³/mol. The summed E-state index contributed by atoms with van der Waals surface area (Å²) in [6, 6.07) is 20.3. The number of nitrogens with zero attached hydrogens (tertiary/aromatic N) is 4. The lowest BCUT2D eigenvalue weighted by atomic mass is 9.97. The molecule has 0 unspecified atom stereocenters. The van der Waals surface area contributed by atoms with E-state index in [1.54, 1.807) is 25.4 Å². The lowest BCUT2D eigenvalue weighted by Gasteiger charge is -2.34. The fraction of sp³-hybridized carbons (Fsp3) is 0.267. The smallest absolute Gasteiger partial charge is 0.139 e. The minimum absolute atomic E-state index is 0.415. The molecule has 6 nitrogen and oxygen atoms in total. The number of pyridine rings is 1. The summed E-state index contributed by atoms with van der Waals surface area (Å²) in [6.45, 7) is 8.61. The first-order chi connectivity index (χ1) is 18.5. The molecule has 4 aromatic rings. The van der Waals surface area contributed by atoms with E-state index in [0.29, 0.717) is 32.7 Å². The number of piperazine rings is 1. The van der Waals surface area contributed by atoms with Gasteiger partial charge in [-0.3, -0.25) is 9.88 Å². The Bertz CT molecular complexity index is 1510. The summed E-state index contributed by atoms with van der Waals surface area (Å²) in [5.41, 5.74) is 6.01. The van der Waals surface area contributed by atoms with Crippen molar-refractivity contribution in [2.24, 2.45) is 0 Å². The van der Waals surface area contributed by atoms with E-state index in [1.807, 2.05) is 6.07 Å². The molecular formula is C30H29Cl2N5O. The van der Waals surface area contributed by atoms with E-state index in [9.17, 15) is 5.26 Å². The first-order valence-corrected chi connectivity index (χ1v) is 13.4. The number of methoxy groups -OCH3 is 1. The number of anilines is 2. The van der Waals surface area contributed by atoms with Crippen LogP contribution in [0.25, 0.3) is 22.0 Å². The monoisotopic (exact) mass is 545 g/mol. The van der Waals surface area contributed by atoms with Crippen LogP contribution in [0.3, 0.4) is 0 Å². The van der Waals surface area contributed by atoms with Gasteiger partial charge >= 0.3 is 0 Å². The lowest BCUT2D eigenvalue weighted by molar-refractivity contribution is 0.132. The number of ether oxygens (including phenoxy) is 1. The van der Waals surface area contributed by atoms with E-state index in [-0.39, 0.29) is 0 Å². The molecular weight excluding hydrogens is 517 g/mol. The molecule has 1 aliphatic rings. The highest BCUT2D eigenvalue weighted by Crippen LogP contribution is 2.38.